The first kappa shape index (κ1) is 99.2. The van der Waals surface area contributed by atoms with E-state index in [0.29, 0.717) is 0 Å². The van der Waals surface area contributed by atoms with Crippen molar-refractivity contribution in [2.75, 3.05) is 0 Å². The topological polar surface area (TPSA) is 174 Å². The molecule has 0 bridgehead atoms. The minimum absolute atomic E-state index is 0. The van der Waals surface area contributed by atoms with Crippen LogP contribution >= 0.6 is 0 Å². The average Bonchev–Trinajstić information content (AvgIpc) is 2.33. The standard InChI is InChI=1S/6CHN.Fe.K.Na.H2O.2H/c6*1-2;;;;;;/h6*1H;;;;1H2;;. The van der Waals surface area contributed by atoms with Crippen molar-refractivity contribution in [1.82, 2.24) is 0 Å². The van der Waals surface area contributed by atoms with Gasteiger partial charge in [-0.25, -0.2) is 31.6 Å². The van der Waals surface area contributed by atoms with Gasteiger partial charge in [0.25, 0.3) is 0 Å². The molecule has 0 amide bonds. The third kappa shape index (κ3) is 768000. The first-order valence-electron chi connectivity index (χ1n) is 1.55. The second kappa shape index (κ2) is 954000. The van der Waals surface area contributed by atoms with E-state index in [2.05, 4.69) is 39.4 Å². The zero-order chi connectivity index (χ0) is 12.0. The molecule has 0 radical (unpaired) electrons. The first-order valence-corrected chi connectivity index (χ1v) is 1.55. The summed E-state index contributed by atoms with van der Waals surface area (Å²) < 4.78 is 0. The van der Waals surface area contributed by atoms with E-state index in [4.69, 9.17) is 31.6 Å². The van der Waals surface area contributed by atoms with E-state index in [9.17, 15) is 0 Å². The van der Waals surface area contributed by atoms with Crippen LogP contribution in [-0.4, -0.2) is 86.4 Å². The summed E-state index contributed by atoms with van der Waals surface area (Å²) in [6.45, 7) is 21.0. The van der Waals surface area contributed by atoms with Crippen molar-refractivity contribution in [3.05, 3.63) is 0 Å². The Bertz CT molecular complexity index is 108. The molecule has 0 aromatic heterocycles. The van der Waals surface area contributed by atoms with Crippen molar-refractivity contribution >= 4 is 80.9 Å². The molecule has 0 aliphatic rings. The second-order valence-corrected chi connectivity index (χ2v) is 0. The molecular formula is C6H10FeKN6NaO. The molecular weight excluding hydrogens is 290 g/mol. The van der Waals surface area contributed by atoms with Crippen LogP contribution in [0.1, 0.15) is 0 Å². The summed E-state index contributed by atoms with van der Waals surface area (Å²) in [5.41, 5.74) is 0. The number of hydrogen-bond donors (Lipinski definition) is 0. The van der Waals surface area contributed by atoms with Gasteiger partial charge in [-0.05, 0) is 0 Å². The Morgan fingerprint density at radius 1 is 0.438 bits per heavy atom. The third-order valence-corrected chi connectivity index (χ3v) is 0. The third-order valence-electron chi connectivity index (χ3n) is 0. The molecule has 2 N–H and O–H groups in total. The van der Waals surface area contributed by atoms with E-state index in [0.717, 1.165) is 0 Å². The van der Waals surface area contributed by atoms with Crippen LogP contribution < -0.4 is 0 Å². The van der Waals surface area contributed by atoms with Gasteiger partial charge in [-0.15, -0.1) is 0 Å². The van der Waals surface area contributed by atoms with Crippen LogP contribution in [0.15, 0.2) is 0 Å². The molecule has 0 heterocycles. The Morgan fingerprint density at radius 2 is 0.438 bits per heavy atom. The summed E-state index contributed by atoms with van der Waals surface area (Å²) in [5, 5.41) is 39.0. The van der Waals surface area contributed by atoms with Gasteiger partial charge in [0.15, 0.2) is 0 Å². The number of nitriles is 6. The SMILES string of the molecule is C#N.C#N.C#N.C#N.C#N.C#N.O.[Fe].[KH].[NaH]. The van der Waals surface area contributed by atoms with Gasteiger partial charge in [-0.3, -0.25) is 0 Å². The monoisotopic (exact) mass is 300 g/mol. The molecule has 0 rings (SSSR count). The van der Waals surface area contributed by atoms with E-state index < -0.39 is 0 Å². The number of nitrogens with zero attached hydrogens (tertiary/aromatic N) is 6. The van der Waals surface area contributed by atoms with Crippen molar-refractivity contribution < 1.29 is 22.5 Å². The molecule has 0 aliphatic heterocycles. The summed E-state index contributed by atoms with van der Waals surface area (Å²) in [6, 6.07) is 0. The molecule has 10 heteroatoms. The molecule has 7 nitrogen and oxygen atoms in total. The molecule has 0 unspecified atom stereocenters. The zero-order valence-corrected chi connectivity index (χ0v) is 8.11. The summed E-state index contributed by atoms with van der Waals surface area (Å²) in [6.07, 6.45) is 0. The molecule has 80 valence electrons. The molecule has 0 aromatic rings. The van der Waals surface area contributed by atoms with Gasteiger partial charge in [0.2, 0.25) is 0 Å². The van der Waals surface area contributed by atoms with E-state index in [1.54, 1.807) is 0 Å². The van der Waals surface area contributed by atoms with Crippen molar-refractivity contribution in [3.63, 3.8) is 0 Å². The Kier molecular flexibility index (Phi) is 5920000. The predicted molar refractivity (Wildman–Crippen MR) is 57.9 cm³/mol. The molecule has 0 aromatic carbocycles. The molecule has 0 fully saturated rings. The number of rotatable bonds is 0. The van der Waals surface area contributed by atoms with E-state index in [-0.39, 0.29) is 103 Å². The van der Waals surface area contributed by atoms with Crippen LogP contribution in [0.2, 0.25) is 0 Å². The van der Waals surface area contributed by atoms with Crippen LogP contribution in [-0.2, 0) is 17.1 Å². The van der Waals surface area contributed by atoms with Crippen LogP contribution in [0.5, 0.6) is 0 Å². The maximum absolute atomic E-state index is 6.50. The normalized spacial score (nSPS) is 0.750. The van der Waals surface area contributed by atoms with Crippen LogP contribution in [0.4, 0.5) is 0 Å². The molecule has 0 spiro atoms. The Hall–Kier alpha value is 0.0558. The van der Waals surface area contributed by atoms with Gasteiger partial charge in [-0.1, -0.05) is 0 Å². The van der Waals surface area contributed by atoms with E-state index in [1.165, 1.54) is 0 Å². The van der Waals surface area contributed by atoms with Crippen LogP contribution in [0.3, 0.4) is 0 Å². The van der Waals surface area contributed by atoms with Crippen molar-refractivity contribution in [2.24, 2.45) is 0 Å². The summed E-state index contributed by atoms with van der Waals surface area (Å²) in [5.74, 6) is 0. The fraction of sp³-hybridized carbons (Fsp3) is 0. The van der Waals surface area contributed by atoms with Gasteiger partial charge in [-0.2, -0.15) is 0 Å². The van der Waals surface area contributed by atoms with Gasteiger partial charge in [0.1, 0.15) is 0 Å². The maximum atomic E-state index is 6.50. The fourth-order valence-electron chi connectivity index (χ4n) is 0. The van der Waals surface area contributed by atoms with Gasteiger partial charge in [0, 0.05) is 56.5 Å². The molecule has 16 heavy (non-hydrogen) atoms. The summed E-state index contributed by atoms with van der Waals surface area (Å²) >= 11 is 0. The van der Waals surface area contributed by atoms with Gasteiger partial charge in [0.05, 0.1) is 0 Å². The van der Waals surface area contributed by atoms with E-state index in [1.807, 2.05) is 0 Å². The fourth-order valence-corrected chi connectivity index (χ4v) is 0. The van der Waals surface area contributed by atoms with Gasteiger partial charge < -0.3 is 5.48 Å². The van der Waals surface area contributed by atoms with Crippen molar-refractivity contribution in [1.29, 1.82) is 31.6 Å². The summed E-state index contributed by atoms with van der Waals surface area (Å²) in [4.78, 5) is 0. The Morgan fingerprint density at radius 3 is 0.438 bits per heavy atom. The molecule has 0 atom stereocenters. The summed E-state index contributed by atoms with van der Waals surface area (Å²) in [7, 11) is 0. The zero-order valence-electron chi connectivity index (χ0n) is 7.00. The Balaban J connectivity index is -0.00000000321. The minimum atomic E-state index is 0. The van der Waals surface area contributed by atoms with Crippen molar-refractivity contribution in [3.8, 4) is 39.4 Å². The van der Waals surface area contributed by atoms with Gasteiger partial charge >= 0.3 is 80.9 Å². The first-order chi connectivity index (χ1) is 6.00. The number of hydrogen-bond acceptors (Lipinski definition) is 6. The average molecular weight is 300 g/mol. The van der Waals surface area contributed by atoms with Crippen LogP contribution in [0.25, 0.3) is 0 Å². The quantitative estimate of drug-likeness (QED) is 0.503. The van der Waals surface area contributed by atoms with E-state index >= 15 is 0 Å². The van der Waals surface area contributed by atoms with Crippen LogP contribution in [0, 0.1) is 71.0 Å². The molecule has 0 aliphatic carbocycles. The van der Waals surface area contributed by atoms with Crippen molar-refractivity contribution in [2.45, 2.75) is 0 Å². The Labute approximate surface area is 171 Å². The second-order valence-electron chi connectivity index (χ2n) is 0. The molecule has 0 saturated carbocycles. The predicted octanol–water partition coefficient (Wildman–Crippen LogP) is -1.29. The molecule has 0 saturated heterocycles.